The number of rotatable bonds is 3. The number of aliphatic hydroxyl groups is 1. The molecule has 1 amide bonds. The molecule has 0 bridgehead atoms. The lowest BCUT2D eigenvalue weighted by Crippen LogP contribution is -2.57. The average molecular weight is 257 g/mol. The molecule has 1 aromatic rings. The Morgan fingerprint density at radius 1 is 1.17 bits per heavy atom. The summed E-state index contributed by atoms with van der Waals surface area (Å²) < 4.78 is 26.8. The predicted molar refractivity (Wildman–Crippen MR) is 64.2 cm³/mol. The highest BCUT2D eigenvalue weighted by Gasteiger charge is 2.37. The lowest BCUT2D eigenvalue weighted by molar-refractivity contribution is -0.00309. The standard InChI is InChI=1S/C13H17F2NO2/c1-12(2,13(3,4)18)16-11(17)10-8(14)6-5-7-9(10)15/h5-7,18H,1-4H3,(H,16,17). The second kappa shape index (κ2) is 4.65. The lowest BCUT2D eigenvalue weighted by Gasteiger charge is -2.38. The summed E-state index contributed by atoms with van der Waals surface area (Å²) >= 11 is 0. The van der Waals surface area contributed by atoms with Gasteiger partial charge in [-0.25, -0.2) is 8.78 Å². The number of nitrogens with one attached hydrogen (secondary N) is 1. The zero-order valence-corrected chi connectivity index (χ0v) is 10.8. The van der Waals surface area contributed by atoms with Crippen LogP contribution in [-0.4, -0.2) is 22.2 Å². The fourth-order valence-electron chi connectivity index (χ4n) is 1.21. The molecule has 100 valence electrons. The van der Waals surface area contributed by atoms with E-state index in [0.717, 1.165) is 12.1 Å². The predicted octanol–water partition coefficient (Wildman–Crippen LogP) is 2.24. The second-order valence-corrected chi connectivity index (χ2v) is 5.23. The van der Waals surface area contributed by atoms with Crippen molar-refractivity contribution in [1.82, 2.24) is 5.32 Å². The maximum absolute atomic E-state index is 13.4. The molecule has 0 fully saturated rings. The first-order valence-electron chi connectivity index (χ1n) is 5.55. The van der Waals surface area contributed by atoms with Gasteiger partial charge in [-0.05, 0) is 39.8 Å². The van der Waals surface area contributed by atoms with E-state index in [2.05, 4.69) is 5.32 Å². The Morgan fingerprint density at radius 3 is 2.00 bits per heavy atom. The van der Waals surface area contributed by atoms with Crippen LogP contribution in [0.25, 0.3) is 0 Å². The molecule has 0 spiro atoms. The smallest absolute Gasteiger partial charge is 0.257 e. The Kier molecular flexibility index (Phi) is 3.76. The summed E-state index contributed by atoms with van der Waals surface area (Å²) in [5.74, 6) is -2.75. The minimum absolute atomic E-state index is 0.644. The van der Waals surface area contributed by atoms with Gasteiger partial charge in [0.1, 0.15) is 17.2 Å². The monoisotopic (exact) mass is 257 g/mol. The Balaban J connectivity index is 3.04. The summed E-state index contributed by atoms with van der Waals surface area (Å²) in [5, 5.41) is 12.3. The van der Waals surface area contributed by atoms with Gasteiger partial charge < -0.3 is 10.4 Å². The van der Waals surface area contributed by atoms with Crippen molar-refractivity contribution in [3.63, 3.8) is 0 Å². The molecule has 5 heteroatoms. The molecular formula is C13H17F2NO2. The fraction of sp³-hybridized carbons (Fsp3) is 0.462. The summed E-state index contributed by atoms with van der Waals surface area (Å²) in [6.45, 7) is 6.16. The molecule has 1 rings (SSSR count). The van der Waals surface area contributed by atoms with E-state index < -0.39 is 34.2 Å². The lowest BCUT2D eigenvalue weighted by atomic mass is 9.85. The van der Waals surface area contributed by atoms with Crippen LogP contribution in [-0.2, 0) is 0 Å². The highest BCUT2D eigenvalue weighted by Crippen LogP contribution is 2.22. The third kappa shape index (κ3) is 2.85. The summed E-state index contributed by atoms with van der Waals surface area (Å²) in [7, 11) is 0. The first-order chi connectivity index (χ1) is 8.06. The van der Waals surface area contributed by atoms with Crippen molar-refractivity contribution in [1.29, 1.82) is 0 Å². The minimum Gasteiger partial charge on any atom is -0.388 e. The van der Waals surface area contributed by atoms with Crippen molar-refractivity contribution < 1.29 is 18.7 Å². The SMILES string of the molecule is CC(C)(O)C(C)(C)NC(=O)c1c(F)cccc1F. The molecule has 0 aliphatic carbocycles. The van der Waals surface area contributed by atoms with E-state index in [1.165, 1.54) is 19.9 Å². The van der Waals surface area contributed by atoms with Crippen LogP contribution in [0.3, 0.4) is 0 Å². The Bertz CT molecular complexity index is 444. The quantitative estimate of drug-likeness (QED) is 0.872. The number of halogens is 2. The van der Waals surface area contributed by atoms with Gasteiger partial charge in [0.2, 0.25) is 0 Å². The third-order valence-corrected chi connectivity index (χ3v) is 3.15. The van der Waals surface area contributed by atoms with Crippen molar-refractivity contribution in [2.75, 3.05) is 0 Å². The number of benzene rings is 1. The van der Waals surface area contributed by atoms with E-state index in [1.54, 1.807) is 13.8 Å². The minimum atomic E-state index is -1.23. The largest absolute Gasteiger partial charge is 0.388 e. The number of hydrogen-bond acceptors (Lipinski definition) is 2. The molecule has 2 N–H and O–H groups in total. The Labute approximate surface area is 105 Å². The molecule has 0 atom stereocenters. The van der Waals surface area contributed by atoms with Crippen molar-refractivity contribution in [2.45, 2.75) is 38.8 Å². The molecule has 0 heterocycles. The van der Waals surface area contributed by atoms with Crippen molar-refractivity contribution in [3.8, 4) is 0 Å². The molecule has 0 unspecified atom stereocenters. The van der Waals surface area contributed by atoms with Crippen molar-refractivity contribution >= 4 is 5.91 Å². The van der Waals surface area contributed by atoms with Crippen LogP contribution in [0.4, 0.5) is 8.78 Å². The summed E-state index contributed by atoms with van der Waals surface area (Å²) in [4.78, 5) is 11.8. The van der Waals surface area contributed by atoms with Crippen molar-refractivity contribution in [3.05, 3.63) is 35.4 Å². The molecule has 0 aromatic heterocycles. The normalized spacial score (nSPS) is 12.4. The van der Waals surface area contributed by atoms with Gasteiger partial charge >= 0.3 is 0 Å². The van der Waals surface area contributed by atoms with Gasteiger partial charge in [0.25, 0.3) is 5.91 Å². The molecule has 0 radical (unpaired) electrons. The van der Waals surface area contributed by atoms with Crippen LogP contribution in [0.2, 0.25) is 0 Å². The van der Waals surface area contributed by atoms with E-state index in [4.69, 9.17) is 0 Å². The second-order valence-electron chi connectivity index (χ2n) is 5.23. The molecule has 0 saturated carbocycles. The summed E-state index contributed by atoms with van der Waals surface area (Å²) in [6, 6.07) is 3.20. The van der Waals surface area contributed by atoms with Gasteiger partial charge in [-0.15, -0.1) is 0 Å². The summed E-state index contributed by atoms with van der Waals surface area (Å²) in [5.41, 5.74) is -2.90. The van der Waals surface area contributed by atoms with Gasteiger partial charge in [0.15, 0.2) is 0 Å². The Morgan fingerprint density at radius 2 is 1.61 bits per heavy atom. The van der Waals surface area contributed by atoms with Gasteiger partial charge in [0, 0.05) is 0 Å². The molecule has 0 saturated heterocycles. The fourth-order valence-corrected chi connectivity index (χ4v) is 1.21. The van der Waals surface area contributed by atoms with E-state index in [0.29, 0.717) is 0 Å². The van der Waals surface area contributed by atoms with Gasteiger partial charge in [0.05, 0.1) is 11.1 Å². The Hall–Kier alpha value is -1.49. The zero-order valence-electron chi connectivity index (χ0n) is 10.8. The van der Waals surface area contributed by atoms with E-state index in [1.807, 2.05) is 0 Å². The highest BCUT2D eigenvalue weighted by molar-refractivity contribution is 5.95. The topological polar surface area (TPSA) is 49.3 Å². The van der Waals surface area contributed by atoms with Gasteiger partial charge in [-0.2, -0.15) is 0 Å². The average Bonchev–Trinajstić information content (AvgIpc) is 2.14. The van der Waals surface area contributed by atoms with Crippen LogP contribution >= 0.6 is 0 Å². The molecule has 0 aliphatic heterocycles. The molecule has 18 heavy (non-hydrogen) atoms. The van der Waals surface area contributed by atoms with E-state index >= 15 is 0 Å². The molecule has 1 aromatic carbocycles. The summed E-state index contributed by atoms with van der Waals surface area (Å²) in [6.07, 6.45) is 0. The van der Waals surface area contributed by atoms with Crippen LogP contribution in [0, 0.1) is 11.6 Å². The van der Waals surface area contributed by atoms with E-state index in [9.17, 15) is 18.7 Å². The number of amides is 1. The maximum atomic E-state index is 13.4. The molecular weight excluding hydrogens is 240 g/mol. The number of carbonyl (C=O) groups is 1. The van der Waals surface area contributed by atoms with Crippen LogP contribution in [0.15, 0.2) is 18.2 Å². The van der Waals surface area contributed by atoms with Crippen LogP contribution in [0.1, 0.15) is 38.1 Å². The third-order valence-electron chi connectivity index (χ3n) is 3.15. The van der Waals surface area contributed by atoms with Crippen LogP contribution in [0.5, 0.6) is 0 Å². The number of carbonyl (C=O) groups excluding carboxylic acids is 1. The van der Waals surface area contributed by atoms with E-state index in [-0.39, 0.29) is 0 Å². The van der Waals surface area contributed by atoms with Gasteiger partial charge in [-0.3, -0.25) is 4.79 Å². The van der Waals surface area contributed by atoms with Gasteiger partial charge in [-0.1, -0.05) is 6.07 Å². The number of hydrogen-bond donors (Lipinski definition) is 2. The zero-order chi connectivity index (χ0) is 14.1. The van der Waals surface area contributed by atoms with Crippen molar-refractivity contribution in [2.24, 2.45) is 0 Å². The highest BCUT2D eigenvalue weighted by atomic mass is 19.1. The molecule has 3 nitrogen and oxygen atoms in total. The van der Waals surface area contributed by atoms with Crippen LogP contribution < -0.4 is 5.32 Å². The molecule has 0 aliphatic rings. The first-order valence-corrected chi connectivity index (χ1v) is 5.55. The first kappa shape index (κ1) is 14.6. The maximum Gasteiger partial charge on any atom is 0.257 e.